The molecule has 0 saturated heterocycles. The van der Waals surface area contributed by atoms with Gasteiger partial charge in [0.2, 0.25) is 5.91 Å². The van der Waals surface area contributed by atoms with E-state index in [-0.39, 0.29) is 17.4 Å². The summed E-state index contributed by atoms with van der Waals surface area (Å²) >= 11 is 0. The number of rotatable bonds is 6. The molecule has 0 aliphatic heterocycles. The van der Waals surface area contributed by atoms with Crippen molar-refractivity contribution in [2.45, 2.75) is 59.2 Å². The maximum atomic E-state index is 11.5. The molecule has 1 rings (SSSR count). The van der Waals surface area contributed by atoms with Crippen LogP contribution in [0.15, 0.2) is 0 Å². The summed E-state index contributed by atoms with van der Waals surface area (Å²) in [6, 6.07) is 0.576. The molecule has 0 aromatic rings. The van der Waals surface area contributed by atoms with Crippen LogP contribution in [0, 0.1) is 5.41 Å². The van der Waals surface area contributed by atoms with Crippen LogP contribution < -0.4 is 10.6 Å². The zero-order valence-corrected chi connectivity index (χ0v) is 11.7. The van der Waals surface area contributed by atoms with Crippen molar-refractivity contribution in [2.24, 2.45) is 5.41 Å². The monoisotopic (exact) mass is 242 g/mol. The van der Waals surface area contributed by atoms with Gasteiger partial charge >= 0.3 is 0 Å². The molecule has 1 amide bonds. The van der Waals surface area contributed by atoms with Gasteiger partial charge in [-0.2, -0.15) is 0 Å². The van der Waals surface area contributed by atoms with E-state index in [1.54, 1.807) is 0 Å². The number of amides is 1. The Labute approximate surface area is 104 Å². The van der Waals surface area contributed by atoms with Crippen molar-refractivity contribution in [3.63, 3.8) is 0 Å². The summed E-state index contributed by atoms with van der Waals surface area (Å²) in [6.07, 6.45) is 1.31. The molecule has 1 aliphatic rings. The molecular formula is C13H26N2O2. The number of carbonyl (C=O) groups excluding carboxylic acids is 1. The van der Waals surface area contributed by atoms with E-state index in [9.17, 15) is 4.79 Å². The Balaban J connectivity index is 2.28. The molecule has 2 N–H and O–H groups in total. The molecule has 1 fully saturated rings. The first-order valence-electron chi connectivity index (χ1n) is 6.52. The molecule has 100 valence electrons. The fourth-order valence-corrected chi connectivity index (χ4v) is 2.30. The summed E-state index contributed by atoms with van der Waals surface area (Å²) < 4.78 is 5.65. The summed E-state index contributed by atoms with van der Waals surface area (Å²) in [7, 11) is 0. The first-order chi connectivity index (χ1) is 7.87. The second kappa shape index (κ2) is 5.83. The van der Waals surface area contributed by atoms with Crippen molar-refractivity contribution >= 4 is 5.91 Å². The largest absolute Gasteiger partial charge is 0.378 e. The van der Waals surface area contributed by atoms with Gasteiger partial charge in [-0.1, -0.05) is 13.8 Å². The summed E-state index contributed by atoms with van der Waals surface area (Å²) in [5, 5.41) is 6.19. The van der Waals surface area contributed by atoms with Gasteiger partial charge in [-0.05, 0) is 27.2 Å². The Morgan fingerprint density at radius 3 is 2.59 bits per heavy atom. The van der Waals surface area contributed by atoms with E-state index < -0.39 is 0 Å². The third kappa shape index (κ3) is 3.68. The van der Waals surface area contributed by atoms with Crippen LogP contribution in [0.1, 0.15) is 41.0 Å². The van der Waals surface area contributed by atoms with Crippen molar-refractivity contribution in [1.82, 2.24) is 10.6 Å². The first-order valence-corrected chi connectivity index (χ1v) is 6.52. The normalized spacial score (nSPS) is 26.7. The van der Waals surface area contributed by atoms with Crippen LogP contribution in [-0.2, 0) is 9.53 Å². The molecule has 4 heteroatoms. The molecule has 0 aromatic heterocycles. The molecule has 17 heavy (non-hydrogen) atoms. The van der Waals surface area contributed by atoms with Gasteiger partial charge in [-0.3, -0.25) is 4.79 Å². The minimum Gasteiger partial charge on any atom is -0.378 e. The number of nitrogens with one attached hydrogen (secondary N) is 2. The molecule has 0 heterocycles. The number of ether oxygens (including phenoxy) is 1. The fourth-order valence-electron chi connectivity index (χ4n) is 2.30. The zero-order chi connectivity index (χ0) is 13.1. The number of hydrogen-bond acceptors (Lipinski definition) is 3. The summed E-state index contributed by atoms with van der Waals surface area (Å²) in [5.41, 5.74) is 0.119. The van der Waals surface area contributed by atoms with Crippen LogP contribution in [0.3, 0.4) is 0 Å². The Morgan fingerprint density at radius 2 is 2.12 bits per heavy atom. The minimum atomic E-state index is 0.0654. The van der Waals surface area contributed by atoms with Crippen molar-refractivity contribution in [3.8, 4) is 0 Å². The topological polar surface area (TPSA) is 50.4 Å². The van der Waals surface area contributed by atoms with Crippen LogP contribution in [0.4, 0.5) is 0 Å². The van der Waals surface area contributed by atoms with Crippen molar-refractivity contribution in [3.05, 3.63) is 0 Å². The Bertz CT molecular complexity index is 264. The van der Waals surface area contributed by atoms with Crippen molar-refractivity contribution in [2.75, 3.05) is 13.2 Å². The average Bonchev–Trinajstić information content (AvgIpc) is 2.21. The van der Waals surface area contributed by atoms with Gasteiger partial charge in [0, 0.05) is 24.1 Å². The highest BCUT2D eigenvalue weighted by Gasteiger charge is 2.48. The first kappa shape index (κ1) is 14.5. The van der Waals surface area contributed by atoms with E-state index in [0.717, 1.165) is 13.0 Å². The predicted octanol–water partition coefficient (Wildman–Crippen LogP) is 1.30. The van der Waals surface area contributed by atoms with Gasteiger partial charge in [-0.25, -0.2) is 0 Å². The Kier molecular flexibility index (Phi) is 4.95. The molecule has 0 radical (unpaired) electrons. The van der Waals surface area contributed by atoms with Crippen molar-refractivity contribution < 1.29 is 9.53 Å². The SMILES string of the molecule is CCO[C@H]1C[C@H](NCC(=O)NC(C)C)C1(C)C. The van der Waals surface area contributed by atoms with Crippen LogP contribution in [0.25, 0.3) is 0 Å². The summed E-state index contributed by atoms with van der Waals surface area (Å²) in [5.74, 6) is 0.0654. The Hall–Kier alpha value is -0.610. The van der Waals surface area contributed by atoms with Crippen molar-refractivity contribution in [1.29, 1.82) is 0 Å². The van der Waals surface area contributed by atoms with Crippen LogP contribution in [0.2, 0.25) is 0 Å². The van der Waals surface area contributed by atoms with E-state index >= 15 is 0 Å². The molecule has 4 nitrogen and oxygen atoms in total. The lowest BCUT2D eigenvalue weighted by Crippen LogP contribution is -2.62. The highest BCUT2D eigenvalue weighted by atomic mass is 16.5. The molecular weight excluding hydrogens is 216 g/mol. The smallest absolute Gasteiger partial charge is 0.234 e. The van der Waals surface area contributed by atoms with Gasteiger partial charge in [0.15, 0.2) is 0 Å². The highest BCUT2D eigenvalue weighted by molar-refractivity contribution is 5.78. The lowest BCUT2D eigenvalue weighted by molar-refractivity contribution is -0.126. The third-order valence-corrected chi connectivity index (χ3v) is 3.50. The van der Waals surface area contributed by atoms with E-state index in [0.29, 0.717) is 18.7 Å². The maximum Gasteiger partial charge on any atom is 0.234 e. The van der Waals surface area contributed by atoms with Gasteiger partial charge in [0.25, 0.3) is 0 Å². The van der Waals surface area contributed by atoms with E-state index in [2.05, 4.69) is 24.5 Å². The van der Waals surface area contributed by atoms with Crippen LogP contribution >= 0.6 is 0 Å². The highest BCUT2D eigenvalue weighted by Crippen LogP contribution is 2.42. The average molecular weight is 242 g/mol. The quantitative estimate of drug-likeness (QED) is 0.738. The fraction of sp³-hybridized carbons (Fsp3) is 0.923. The van der Waals surface area contributed by atoms with Gasteiger partial charge in [0.05, 0.1) is 12.6 Å². The van der Waals surface area contributed by atoms with Gasteiger partial charge in [0.1, 0.15) is 0 Å². The molecule has 1 saturated carbocycles. The van der Waals surface area contributed by atoms with E-state index in [1.165, 1.54) is 0 Å². The molecule has 0 unspecified atom stereocenters. The number of carbonyl (C=O) groups is 1. The summed E-state index contributed by atoms with van der Waals surface area (Å²) in [4.78, 5) is 11.5. The number of hydrogen-bond donors (Lipinski definition) is 2. The maximum absolute atomic E-state index is 11.5. The molecule has 0 spiro atoms. The van der Waals surface area contributed by atoms with Crippen LogP contribution in [-0.4, -0.2) is 37.2 Å². The lowest BCUT2D eigenvalue weighted by atomic mass is 9.64. The molecule has 0 bridgehead atoms. The molecule has 2 atom stereocenters. The second-order valence-electron chi connectivity index (χ2n) is 5.66. The van der Waals surface area contributed by atoms with E-state index in [4.69, 9.17) is 4.74 Å². The predicted molar refractivity (Wildman–Crippen MR) is 68.9 cm³/mol. The standard InChI is InChI=1S/C13H26N2O2/c1-6-17-11-7-10(13(11,4)5)14-8-12(16)15-9(2)3/h9-11,14H,6-8H2,1-5H3,(H,15,16)/t10-,11-/m0/s1. The lowest BCUT2D eigenvalue weighted by Gasteiger charge is -2.51. The summed E-state index contributed by atoms with van der Waals surface area (Å²) in [6.45, 7) is 11.5. The van der Waals surface area contributed by atoms with E-state index in [1.807, 2.05) is 20.8 Å². The minimum absolute atomic E-state index is 0.0654. The zero-order valence-electron chi connectivity index (χ0n) is 11.7. The van der Waals surface area contributed by atoms with Gasteiger partial charge < -0.3 is 15.4 Å². The van der Waals surface area contributed by atoms with Crippen LogP contribution in [0.5, 0.6) is 0 Å². The molecule has 1 aliphatic carbocycles. The Morgan fingerprint density at radius 1 is 1.47 bits per heavy atom. The molecule has 0 aromatic carbocycles. The third-order valence-electron chi connectivity index (χ3n) is 3.50. The second-order valence-corrected chi connectivity index (χ2v) is 5.66. The van der Waals surface area contributed by atoms with Gasteiger partial charge in [-0.15, -0.1) is 0 Å².